The summed E-state index contributed by atoms with van der Waals surface area (Å²) in [6, 6.07) is 16.8. The lowest BCUT2D eigenvalue weighted by Gasteiger charge is -2.44. The molecule has 2 aromatic carbocycles. The molecule has 1 N–H and O–H groups in total. The zero-order valence-electron chi connectivity index (χ0n) is 19.8. The Morgan fingerprint density at radius 3 is 2.33 bits per heavy atom. The summed E-state index contributed by atoms with van der Waals surface area (Å²) in [5, 5.41) is 3.03. The van der Waals surface area contributed by atoms with E-state index in [9.17, 15) is 4.79 Å². The van der Waals surface area contributed by atoms with E-state index in [1.165, 1.54) is 82.9 Å². The zero-order chi connectivity index (χ0) is 22.5. The molecule has 4 heteroatoms. The van der Waals surface area contributed by atoms with Crippen molar-refractivity contribution in [1.29, 1.82) is 0 Å². The van der Waals surface area contributed by atoms with Gasteiger partial charge in [-0.05, 0) is 99.5 Å². The maximum absolute atomic E-state index is 12.7. The van der Waals surface area contributed by atoms with Gasteiger partial charge in [0, 0.05) is 23.2 Å². The van der Waals surface area contributed by atoms with Crippen LogP contribution in [0.5, 0.6) is 5.75 Å². The summed E-state index contributed by atoms with van der Waals surface area (Å²) in [6.07, 6.45) is 13.2. The standard InChI is InChI=1S/C29H38N2O2/c32-29(24-13-11-23(12-14-24)22-7-2-1-3-8-22)30-26-15-17-27(18-16-26)33-21-25-9-6-20-31-19-5-4-10-28(25)31/h11-18,22,25,28H,1-10,19-21H2,(H,30,32)/t25-,28+/m0/s1. The van der Waals surface area contributed by atoms with E-state index in [1.807, 2.05) is 36.4 Å². The highest BCUT2D eigenvalue weighted by molar-refractivity contribution is 6.04. The van der Waals surface area contributed by atoms with Crippen molar-refractivity contribution in [2.45, 2.75) is 76.2 Å². The summed E-state index contributed by atoms with van der Waals surface area (Å²) in [6.45, 7) is 3.32. The SMILES string of the molecule is O=C(Nc1ccc(OC[C@@H]2CCCN3CCCC[C@H]23)cc1)c1ccc(C2CCCCC2)cc1. The molecule has 0 radical (unpaired) electrons. The van der Waals surface area contributed by atoms with Gasteiger partial charge in [-0.1, -0.05) is 37.8 Å². The van der Waals surface area contributed by atoms with Crippen LogP contribution in [0.15, 0.2) is 48.5 Å². The van der Waals surface area contributed by atoms with Gasteiger partial charge >= 0.3 is 0 Å². The molecule has 2 aliphatic heterocycles. The Bertz CT molecular complexity index is 900. The highest BCUT2D eigenvalue weighted by atomic mass is 16.5. The number of anilines is 1. The number of fused-ring (bicyclic) bond motifs is 1. The lowest BCUT2D eigenvalue weighted by molar-refractivity contribution is 0.0366. The van der Waals surface area contributed by atoms with Crippen LogP contribution in [0, 0.1) is 5.92 Å². The van der Waals surface area contributed by atoms with Crippen LogP contribution in [0.3, 0.4) is 0 Å². The first-order chi connectivity index (χ1) is 16.3. The molecular weight excluding hydrogens is 408 g/mol. The second-order valence-electron chi connectivity index (χ2n) is 10.2. The van der Waals surface area contributed by atoms with Gasteiger partial charge in [0.05, 0.1) is 6.61 Å². The third kappa shape index (κ3) is 5.60. The normalized spacial score (nSPS) is 24.1. The van der Waals surface area contributed by atoms with Gasteiger partial charge in [-0.15, -0.1) is 0 Å². The molecule has 2 saturated heterocycles. The molecule has 0 aromatic heterocycles. The predicted molar refractivity (Wildman–Crippen MR) is 134 cm³/mol. The number of piperidine rings is 2. The first-order valence-electron chi connectivity index (χ1n) is 13.1. The Hall–Kier alpha value is -2.33. The Morgan fingerprint density at radius 2 is 1.55 bits per heavy atom. The fourth-order valence-electron chi connectivity index (χ4n) is 6.16. The van der Waals surface area contributed by atoms with Crippen molar-refractivity contribution in [1.82, 2.24) is 4.90 Å². The number of benzene rings is 2. The van der Waals surface area contributed by atoms with Crippen LogP contribution in [-0.2, 0) is 0 Å². The number of hydrogen-bond donors (Lipinski definition) is 1. The lowest BCUT2D eigenvalue weighted by Crippen LogP contribution is -2.49. The fourth-order valence-corrected chi connectivity index (χ4v) is 6.16. The Balaban J connectivity index is 1.12. The molecule has 0 spiro atoms. The van der Waals surface area contributed by atoms with Gasteiger partial charge in [0.1, 0.15) is 5.75 Å². The Kier molecular flexibility index (Phi) is 7.30. The van der Waals surface area contributed by atoms with Crippen molar-refractivity contribution in [3.05, 3.63) is 59.7 Å². The van der Waals surface area contributed by atoms with Gasteiger partial charge in [-0.2, -0.15) is 0 Å². The number of hydrogen-bond acceptors (Lipinski definition) is 3. The van der Waals surface area contributed by atoms with Gasteiger partial charge in [0.2, 0.25) is 0 Å². The average Bonchev–Trinajstić information content (AvgIpc) is 2.89. The fraction of sp³-hybridized carbons (Fsp3) is 0.552. The van der Waals surface area contributed by atoms with Gasteiger partial charge < -0.3 is 10.1 Å². The molecular formula is C29H38N2O2. The minimum Gasteiger partial charge on any atom is -0.493 e. The highest BCUT2D eigenvalue weighted by Crippen LogP contribution is 2.33. The van der Waals surface area contributed by atoms with E-state index in [-0.39, 0.29) is 5.91 Å². The van der Waals surface area contributed by atoms with Gasteiger partial charge in [0.25, 0.3) is 5.91 Å². The van der Waals surface area contributed by atoms with Crippen LogP contribution in [0.1, 0.15) is 86.0 Å². The van der Waals surface area contributed by atoms with Crippen molar-refractivity contribution in [3.8, 4) is 5.75 Å². The van der Waals surface area contributed by atoms with Crippen molar-refractivity contribution < 1.29 is 9.53 Å². The number of nitrogens with one attached hydrogen (secondary N) is 1. The molecule has 2 heterocycles. The molecule has 4 nitrogen and oxygen atoms in total. The third-order valence-electron chi connectivity index (χ3n) is 8.05. The summed E-state index contributed by atoms with van der Waals surface area (Å²) in [5.74, 6) is 2.13. The average molecular weight is 447 g/mol. The number of carbonyl (C=O) groups excluding carboxylic acids is 1. The summed E-state index contributed by atoms with van der Waals surface area (Å²) < 4.78 is 6.17. The van der Waals surface area contributed by atoms with E-state index >= 15 is 0 Å². The lowest BCUT2D eigenvalue weighted by atomic mass is 9.84. The van der Waals surface area contributed by atoms with Crippen molar-refractivity contribution in [3.63, 3.8) is 0 Å². The number of ether oxygens (including phenoxy) is 1. The molecule has 3 fully saturated rings. The number of amides is 1. The van der Waals surface area contributed by atoms with Crippen molar-refractivity contribution in [2.75, 3.05) is 25.0 Å². The van der Waals surface area contributed by atoms with Crippen LogP contribution in [0.25, 0.3) is 0 Å². The van der Waals surface area contributed by atoms with E-state index < -0.39 is 0 Å². The summed E-state index contributed by atoms with van der Waals surface area (Å²) in [4.78, 5) is 15.4. The molecule has 3 aliphatic rings. The molecule has 0 unspecified atom stereocenters. The minimum atomic E-state index is -0.0570. The zero-order valence-corrected chi connectivity index (χ0v) is 19.8. The first-order valence-corrected chi connectivity index (χ1v) is 13.1. The number of rotatable bonds is 6. The molecule has 1 amide bonds. The molecule has 0 bridgehead atoms. The molecule has 1 saturated carbocycles. The van der Waals surface area contributed by atoms with E-state index in [4.69, 9.17) is 4.74 Å². The third-order valence-corrected chi connectivity index (χ3v) is 8.05. The topological polar surface area (TPSA) is 41.6 Å². The number of carbonyl (C=O) groups is 1. The molecule has 2 aromatic rings. The Morgan fingerprint density at radius 1 is 0.818 bits per heavy atom. The summed E-state index contributed by atoms with van der Waals surface area (Å²) in [5.41, 5.74) is 2.89. The van der Waals surface area contributed by atoms with Crippen molar-refractivity contribution in [2.24, 2.45) is 5.92 Å². The predicted octanol–water partition coefficient (Wildman–Crippen LogP) is 6.63. The Labute approximate surface area is 198 Å². The van der Waals surface area contributed by atoms with Crippen LogP contribution < -0.4 is 10.1 Å². The second-order valence-corrected chi connectivity index (χ2v) is 10.2. The van der Waals surface area contributed by atoms with Crippen LogP contribution >= 0.6 is 0 Å². The quantitative estimate of drug-likeness (QED) is 0.541. The maximum Gasteiger partial charge on any atom is 0.255 e. The van der Waals surface area contributed by atoms with Gasteiger partial charge in [-0.3, -0.25) is 9.69 Å². The molecule has 1 aliphatic carbocycles. The van der Waals surface area contributed by atoms with Crippen LogP contribution in [0.4, 0.5) is 5.69 Å². The minimum absolute atomic E-state index is 0.0570. The van der Waals surface area contributed by atoms with E-state index in [0.717, 1.165) is 18.0 Å². The summed E-state index contributed by atoms with van der Waals surface area (Å²) >= 11 is 0. The molecule has 2 atom stereocenters. The van der Waals surface area contributed by atoms with E-state index in [2.05, 4.69) is 22.3 Å². The monoisotopic (exact) mass is 446 g/mol. The van der Waals surface area contributed by atoms with E-state index in [0.29, 0.717) is 23.4 Å². The van der Waals surface area contributed by atoms with Crippen LogP contribution in [-0.4, -0.2) is 36.5 Å². The molecule has 33 heavy (non-hydrogen) atoms. The van der Waals surface area contributed by atoms with E-state index in [1.54, 1.807) is 0 Å². The van der Waals surface area contributed by atoms with Gasteiger partial charge in [-0.25, -0.2) is 0 Å². The summed E-state index contributed by atoms with van der Waals surface area (Å²) in [7, 11) is 0. The first kappa shape index (κ1) is 22.5. The second kappa shape index (κ2) is 10.7. The van der Waals surface area contributed by atoms with Crippen LogP contribution in [0.2, 0.25) is 0 Å². The van der Waals surface area contributed by atoms with Crippen molar-refractivity contribution >= 4 is 11.6 Å². The smallest absolute Gasteiger partial charge is 0.255 e. The molecule has 5 rings (SSSR count). The largest absolute Gasteiger partial charge is 0.493 e. The van der Waals surface area contributed by atoms with Gasteiger partial charge in [0.15, 0.2) is 0 Å². The number of nitrogens with zero attached hydrogens (tertiary/aromatic N) is 1. The maximum atomic E-state index is 12.7. The molecule has 176 valence electrons. The highest BCUT2D eigenvalue weighted by Gasteiger charge is 2.33.